The molecular weight excluding hydrogens is 186 g/mol. The molecule has 0 spiro atoms. The quantitative estimate of drug-likeness (QED) is 0.805. The van der Waals surface area contributed by atoms with Gasteiger partial charge in [0.05, 0.1) is 0 Å². The zero-order valence-electron chi connectivity index (χ0n) is 9.32. The summed E-state index contributed by atoms with van der Waals surface area (Å²) in [6.07, 6.45) is 6.39. The van der Waals surface area contributed by atoms with Gasteiger partial charge in [-0.25, -0.2) is 0 Å². The molecule has 82 valence electrons. The number of hydrogen-bond acceptors (Lipinski definition) is 3. The van der Waals surface area contributed by atoms with Gasteiger partial charge in [-0.15, -0.1) is 0 Å². The van der Waals surface area contributed by atoms with Crippen LogP contribution in [0.1, 0.15) is 18.4 Å². The molecule has 0 amide bonds. The zero-order chi connectivity index (χ0) is 10.5. The number of nitrogens with one attached hydrogen (secondary N) is 1. The van der Waals surface area contributed by atoms with Crippen LogP contribution in [0.4, 0.5) is 0 Å². The number of hydrogen-bond donors (Lipinski definition) is 1. The van der Waals surface area contributed by atoms with Crippen LogP contribution < -0.4 is 5.32 Å². The molecule has 1 N–H and O–H groups in total. The molecule has 2 heterocycles. The Hall–Kier alpha value is -0.930. The van der Waals surface area contributed by atoms with Gasteiger partial charge in [0.2, 0.25) is 0 Å². The van der Waals surface area contributed by atoms with E-state index in [1.807, 2.05) is 18.5 Å². The second-order valence-electron chi connectivity index (χ2n) is 4.22. The van der Waals surface area contributed by atoms with E-state index in [-0.39, 0.29) is 0 Å². The molecule has 1 atom stereocenters. The predicted molar refractivity (Wildman–Crippen MR) is 61.6 cm³/mol. The first-order valence-electron chi connectivity index (χ1n) is 5.67. The second-order valence-corrected chi connectivity index (χ2v) is 4.22. The number of likely N-dealkylation sites (N-methyl/N-ethyl adjacent to an activating group) is 1. The van der Waals surface area contributed by atoms with Crippen molar-refractivity contribution in [1.82, 2.24) is 15.2 Å². The summed E-state index contributed by atoms with van der Waals surface area (Å²) in [5.41, 5.74) is 1.31. The number of nitrogens with zero attached hydrogens (tertiary/aromatic N) is 2. The highest BCUT2D eigenvalue weighted by atomic mass is 15.2. The summed E-state index contributed by atoms with van der Waals surface area (Å²) in [6, 6.07) is 4.82. The van der Waals surface area contributed by atoms with E-state index in [1.165, 1.54) is 24.9 Å². The molecule has 0 saturated carbocycles. The summed E-state index contributed by atoms with van der Waals surface area (Å²) in [5.74, 6) is 0. The standard InChI is InChI=1S/C12H19N3/c1-13-12-5-3-7-15(10-12)9-11-4-2-6-14-8-11/h2,4,6,8,12-13H,3,5,7,9-10H2,1H3. The maximum Gasteiger partial charge on any atom is 0.0312 e. The fraction of sp³-hybridized carbons (Fsp3) is 0.583. The average molecular weight is 205 g/mol. The summed E-state index contributed by atoms with van der Waals surface area (Å²) in [7, 11) is 2.05. The van der Waals surface area contributed by atoms with Crippen molar-refractivity contribution in [3.8, 4) is 0 Å². The Labute approximate surface area is 91.5 Å². The van der Waals surface area contributed by atoms with E-state index in [0.29, 0.717) is 6.04 Å². The predicted octanol–water partition coefficient (Wildman–Crippen LogP) is 1.27. The lowest BCUT2D eigenvalue weighted by molar-refractivity contribution is 0.188. The van der Waals surface area contributed by atoms with E-state index in [4.69, 9.17) is 0 Å². The van der Waals surface area contributed by atoms with Crippen LogP contribution in [-0.2, 0) is 6.54 Å². The van der Waals surface area contributed by atoms with Gasteiger partial charge in [0.25, 0.3) is 0 Å². The van der Waals surface area contributed by atoms with Crippen LogP contribution in [0, 0.1) is 0 Å². The minimum atomic E-state index is 0.662. The lowest BCUT2D eigenvalue weighted by Crippen LogP contribution is -2.43. The minimum absolute atomic E-state index is 0.662. The molecule has 1 fully saturated rings. The van der Waals surface area contributed by atoms with E-state index < -0.39 is 0 Å². The Morgan fingerprint density at radius 3 is 3.27 bits per heavy atom. The average Bonchev–Trinajstić information content (AvgIpc) is 2.31. The maximum atomic E-state index is 4.15. The highest BCUT2D eigenvalue weighted by molar-refractivity contribution is 5.08. The Bertz CT molecular complexity index is 286. The van der Waals surface area contributed by atoms with Gasteiger partial charge in [0.15, 0.2) is 0 Å². The molecule has 1 saturated heterocycles. The fourth-order valence-corrected chi connectivity index (χ4v) is 2.18. The number of rotatable bonds is 3. The number of likely N-dealkylation sites (tertiary alicyclic amines) is 1. The van der Waals surface area contributed by atoms with Gasteiger partial charge in [-0.05, 0) is 38.1 Å². The van der Waals surface area contributed by atoms with Crippen molar-refractivity contribution in [2.45, 2.75) is 25.4 Å². The van der Waals surface area contributed by atoms with Crippen molar-refractivity contribution in [3.63, 3.8) is 0 Å². The topological polar surface area (TPSA) is 28.2 Å². The lowest BCUT2D eigenvalue weighted by atomic mass is 10.1. The lowest BCUT2D eigenvalue weighted by Gasteiger charge is -2.32. The fourth-order valence-electron chi connectivity index (χ4n) is 2.18. The molecule has 0 aromatic carbocycles. The molecule has 2 rings (SSSR count). The SMILES string of the molecule is CNC1CCCN(Cc2cccnc2)C1. The van der Waals surface area contributed by atoms with Gasteiger partial charge >= 0.3 is 0 Å². The Morgan fingerprint density at radius 2 is 2.53 bits per heavy atom. The molecular formula is C12H19N3. The molecule has 3 nitrogen and oxygen atoms in total. The summed E-state index contributed by atoms with van der Waals surface area (Å²) < 4.78 is 0. The molecule has 0 bridgehead atoms. The normalized spacial score (nSPS) is 22.9. The summed E-state index contributed by atoms with van der Waals surface area (Å²) in [5, 5.41) is 3.36. The maximum absolute atomic E-state index is 4.15. The van der Waals surface area contributed by atoms with Crippen LogP contribution >= 0.6 is 0 Å². The number of aromatic nitrogens is 1. The molecule has 1 aliphatic rings. The first kappa shape index (κ1) is 10.6. The Kier molecular flexibility index (Phi) is 3.69. The van der Waals surface area contributed by atoms with Crippen molar-refractivity contribution >= 4 is 0 Å². The van der Waals surface area contributed by atoms with Gasteiger partial charge in [0.1, 0.15) is 0 Å². The van der Waals surface area contributed by atoms with Crippen LogP contribution in [0.3, 0.4) is 0 Å². The number of pyridine rings is 1. The van der Waals surface area contributed by atoms with Crippen LogP contribution in [0.2, 0.25) is 0 Å². The van der Waals surface area contributed by atoms with Gasteiger partial charge < -0.3 is 5.32 Å². The highest BCUT2D eigenvalue weighted by Crippen LogP contribution is 2.12. The van der Waals surface area contributed by atoms with Gasteiger partial charge in [0, 0.05) is 31.5 Å². The summed E-state index contributed by atoms with van der Waals surface area (Å²) in [6.45, 7) is 3.41. The largest absolute Gasteiger partial charge is 0.316 e. The van der Waals surface area contributed by atoms with E-state index in [2.05, 4.69) is 28.3 Å². The van der Waals surface area contributed by atoms with Crippen LogP contribution in [-0.4, -0.2) is 36.1 Å². The molecule has 1 aromatic rings. The Morgan fingerprint density at radius 1 is 1.60 bits per heavy atom. The second kappa shape index (κ2) is 5.24. The van der Waals surface area contributed by atoms with Crippen LogP contribution in [0.15, 0.2) is 24.5 Å². The first-order chi connectivity index (χ1) is 7.38. The molecule has 3 heteroatoms. The van der Waals surface area contributed by atoms with Crippen molar-refractivity contribution in [3.05, 3.63) is 30.1 Å². The smallest absolute Gasteiger partial charge is 0.0312 e. The first-order valence-corrected chi connectivity index (χ1v) is 5.67. The van der Waals surface area contributed by atoms with Crippen LogP contribution in [0.5, 0.6) is 0 Å². The molecule has 1 aromatic heterocycles. The monoisotopic (exact) mass is 205 g/mol. The van der Waals surface area contributed by atoms with Crippen molar-refractivity contribution < 1.29 is 0 Å². The third-order valence-electron chi connectivity index (χ3n) is 3.04. The molecule has 15 heavy (non-hydrogen) atoms. The number of piperidine rings is 1. The molecule has 1 aliphatic heterocycles. The third kappa shape index (κ3) is 3.01. The van der Waals surface area contributed by atoms with Crippen molar-refractivity contribution in [1.29, 1.82) is 0 Å². The van der Waals surface area contributed by atoms with E-state index >= 15 is 0 Å². The van der Waals surface area contributed by atoms with E-state index in [0.717, 1.165) is 13.1 Å². The summed E-state index contributed by atoms with van der Waals surface area (Å²) >= 11 is 0. The molecule has 0 aliphatic carbocycles. The Balaban J connectivity index is 1.89. The molecule has 0 radical (unpaired) electrons. The minimum Gasteiger partial charge on any atom is -0.316 e. The van der Waals surface area contributed by atoms with E-state index in [9.17, 15) is 0 Å². The van der Waals surface area contributed by atoms with Crippen LogP contribution in [0.25, 0.3) is 0 Å². The van der Waals surface area contributed by atoms with Gasteiger partial charge in [-0.2, -0.15) is 0 Å². The van der Waals surface area contributed by atoms with Gasteiger partial charge in [-0.3, -0.25) is 9.88 Å². The highest BCUT2D eigenvalue weighted by Gasteiger charge is 2.17. The van der Waals surface area contributed by atoms with E-state index in [1.54, 1.807) is 0 Å². The molecule has 1 unspecified atom stereocenters. The van der Waals surface area contributed by atoms with Gasteiger partial charge in [-0.1, -0.05) is 6.07 Å². The van der Waals surface area contributed by atoms with Crippen molar-refractivity contribution in [2.75, 3.05) is 20.1 Å². The van der Waals surface area contributed by atoms with Crippen molar-refractivity contribution in [2.24, 2.45) is 0 Å². The zero-order valence-corrected chi connectivity index (χ0v) is 9.32. The third-order valence-corrected chi connectivity index (χ3v) is 3.04. The summed E-state index contributed by atoms with van der Waals surface area (Å²) in [4.78, 5) is 6.65.